The van der Waals surface area contributed by atoms with Crippen molar-refractivity contribution in [2.75, 3.05) is 195 Å². The fourth-order valence-corrected chi connectivity index (χ4v) is 21.7. The number of alkyl halides is 6. The molecule has 4 aromatic carbocycles. The first-order valence-electron chi connectivity index (χ1n) is 51.6. The van der Waals surface area contributed by atoms with Gasteiger partial charge in [0.1, 0.15) is 34.1 Å². The molecule has 0 spiro atoms. The fourth-order valence-electron chi connectivity index (χ4n) is 21.2. The van der Waals surface area contributed by atoms with E-state index in [1.165, 1.54) is 92.5 Å². The van der Waals surface area contributed by atoms with Crippen LogP contribution in [-0.4, -0.2) is 306 Å². The van der Waals surface area contributed by atoms with Gasteiger partial charge in [0.05, 0.1) is 53.6 Å². The van der Waals surface area contributed by atoms with Crippen molar-refractivity contribution >= 4 is 93.6 Å². The van der Waals surface area contributed by atoms with Crippen LogP contribution < -0.4 is 29.1 Å². The molecule has 2 aromatic heterocycles. The Bertz CT molecular complexity index is 5060. The van der Waals surface area contributed by atoms with Crippen molar-refractivity contribution in [2.45, 2.75) is 219 Å². The summed E-state index contributed by atoms with van der Waals surface area (Å²) < 4.78 is 106. The molecule has 8 amide bonds. The minimum atomic E-state index is -5.19. The molecule has 0 bridgehead atoms. The first kappa shape index (κ1) is 116. The SMILES string of the molecule is CN(C)C(=O)c1ccc(N2CCC(CC3CCN(C(=O)OC(C)(C)C)CC3)CC2)cc1Cl.COc1cccc([C@@](O)(C(=O)N2CCC(CC3CCN(c4cnc(C(=O)N(C)C)c(C)c4)CC3)CC2)C(F)(F)F)c1.COc1cccc([C@@](O)(C(=O)N2CCC(CC3CCN(c4cnc(C(=O)N(C)C)c(Cl)c4)CC3)CC2)C(F)(F)F)c1.Cc1cc(N2CCC(CC3CCN(C(=O)OC(C)(C)C)CC3)CC2)ccc1C(=O)N(C)C. The number of nitrogens with zero attached hydrogens (tertiary/aromatic N) is 14. The van der Waals surface area contributed by atoms with Crippen LogP contribution in [0.5, 0.6) is 11.5 Å². The van der Waals surface area contributed by atoms with E-state index in [2.05, 4.69) is 41.7 Å². The van der Waals surface area contributed by atoms with Crippen molar-refractivity contribution < 1.29 is 93.9 Å². The maximum atomic E-state index is 14.1. The predicted molar refractivity (Wildman–Crippen MR) is 557 cm³/mol. The summed E-state index contributed by atoms with van der Waals surface area (Å²) in [5, 5.41) is 22.4. The lowest BCUT2D eigenvalue weighted by molar-refractivity contribution is -0.263. The van der Waals surface area contributed by atoms with Gasteiger partial charge >= 0.3 is 24.5 Å². The molecule has 10 heterocycles. The van der Waals surface area contributed by atoms with E-state index in [-0.39, 0.29) is 79.2 Å². The summed E-state index contributed by atoms with van der Waals surface area (Å²) in [6.45, 7) is 26.8. The first-order valence-corrected chi connectivity index (χ1v) is 52.3. The largest absolute Gasteiger partial charge is 0.497 e. The Labute approximate surface area is 868 Å². The Kier molecular flexibility index (Phi) is 40.1. The van der Waals surface area contributed by atoms with Crippen molar-refractivity contribution in [1.82, 2.24) is 49.2 Å². The lowest BCUT2D eigenvalue weighted by Gasteiger charge is -2.40. The normalized spacial score (nSPS) is 18.6. The second-order valence-corrected chi connectivity index (χ2v) is 44.5. The number of piperidine rings is 8. The van der Waals surface area contributed by atoms with E-state index in [0.29, 0.717) is 82.5 Å². The van der Waals surface area contributed by atoms with Crippen LogP contribution in [0.3, 0.4) is 0 Å². The van der Waals surface area contributed by atoms with Gasteiger partial charge in [0.25, 0.3) is 46.6 Å². The number of ether oxygens (including phenoxy) is 4. The third-order valence-electron chi connectivity index (χ3n) is 29.9. The molecule has 8 saturated heterocycles. The number of halogens is 8. The van der Waals surface area contributed by atoms with Crippen LogP contribution in [0.4, 0.5) is 58.7 Å². The van der Waals surface area contributed by atoms with Gasteiger partial charge < -0.3 is 88.0 Å². The first-order chi connectivity index (χ1) is 68.8. The lowest BCUT2D eigenvalue weighted by Crippen LogP contribution is -2.57. The van der Waals surface area contributed by atoms with Gasteiger partial charge in [-0.05, 0) is 315 Å². The highest BCUT2D eigenvalue weighted by Crippen LogP contribution is 2.47. The van der Waals surface area contributed by atoms with Gasteiger partial charge in [-0.2, -0.15) is 26.3 Å². The average molecular weight is 2080 g/mol. The number of hydrogen-bond acceptors (Lipinski definition) is 20. The molecular weight excluding hydrogens is 1930 g/mol. The molecule has 146 heavy (non-hydrogen) atoms. The molecule has 0 saturated carbocycles. The van der Waals surface area contributed by atoms with Crippen LogP contribution in [0.2, 0.25) is 10.0 Å². The molecule has 14 rings (SSSR count). The van der Waals surface area contributed by atoms with Crippen LogP contribution in [-0.2, 0) is 30.3 Å². The van der Waals surface area contributed by atoms with E-state index in [1.54, 1.807) is 84.6 Å². The third kappa shape index (κ3) is 30.4. The van der Waals surface area contributed by atoms with E-state index in [1.807, 2.05) is 95.5 Å². The zero-order chi connectivity index (χ0) is 107. The second-order valence-electron chi connectivity index (χ2n) is 43.7. The zero-order valence-electron chi connectivity index (χ0n) is 88.5. The molecule has 2 N–H and O–H groups in total. The van der Waals surface area contributed by atoms with E-state index in [9.17, 15) is 74.9 Å². The van der Waals surface area contributed by atoms with Crippen LogP contribution in [0, 0.1) is 61.2 Å². The van der Waals surface area contributed by atoms with E-state index in [0.717, 1.165) is 222 Å². The number of aliphatic hydroxyl groups is 2. The zero-order valence-corrected chi connectivity index (χ0v) is 90.1. The quantitative estimate of drug-likeness (QED) is 0.0597. The Balaban J connectivity index is 0.000000186. The lowest BCUT2D eigenvalue weighted by atomic mass is 9.82. The second kappa shape index (κ2) is 50.6. The number of rotatable bonds is 22. The van der Waals surface area contributed by atoms with Crippen molar-refractivity contribution in [3.8, 4) is 11.5 Å². The molecule has 804 valence electrons. The number of anilines is 4. The van der Waals surface area contributed by atoms with Crippen molar-refractivity contribution in [3.05, 3.63) is 164 Å². The van der Waals surface area contributed by atoms with Gasteiger partial charge in [0.2, 0.25) is 0 Å². The van der Waals surface area contributed by atoms with Gasteiger partial charge in [-0.25, -0.2) is 19.6 Å². The number of carbonyl (C=O) groups is 8. The highest BCUT2D eigenvalue weighted by Gasteiger charge is 2.64. The number of pyridine rings is 2. The molecule has 0 radical (unpaired) electrons. The van der Waals surface area contributed by atoms with E-state index < -0.39 is 57.7 Å². The van der Waals surface area contributed by atoms with Gasteiger partial charge in [0.15, 0.2) is 0 Å². The molecule has 28 nitrogen and oxygen atoms in total. The van der Waals surface area contributed by atoms with Crippen LogP contribution in [0.1, 0.15) is 234 Å². The summed E-state index contributed by atoms with van der Waals surface area (Å²) in [7, 11) is 16.4. The molecule has 2 atom stereocenters. The number of likely N-dealkylation sites (tertiary alicyclic amines) is 4. The summed E-state index contributed by atoms with van der Waals surface area (Å²) in [4.78, 5) is 130. The molecular formula is C110H154Cl2F6N14O14. The van der Waals surface area contributed by atoms with Gasteiger partial charge in [-0.15, -0.1) is 0 Å². The number of carbonyl (C=O) groups excluding carboxylic acids is 8. The van der Waals surface area contributed by atoms with Crippen LogP contribution >= 0.6 is 23.2 Å². The number of benzene rings is 4. The Morgan fingerprint density at radius 3 is 0.918 bits per heavy atom. The van der Waals surface area contributed by atoms with E-state index >= 15 is 0 Å². The maximum Gasteiger partial charge on any atom is 0.430 e. The van der Waals surface area contributed by atoms with Crippen molar-refractivity contribution in [1.29, 1.82) is 0 Å². The summed E-state index contributed by atoms with van der Waals surface area (Å²) in [5.74, 6) is 1.63. The van der Waals surface area contributed by atoms with Crippen molar-refractivity contribution in [2.24, 2.45) is 47.3 Å². The summed E-state index contributed by atoms with van der Waals surface area (Å²) >= 11 is 12.7. The average Bonchev–Trinajstić information content (AvgIpc) is 0.753. The fraction of sp³-hybridized carbons (Fsp3) is 0.618. The monoisotopic (exact) mass is 2080 g/mol. The number of aromatic nitrogens is 2. The molecule has 8 fully saturated rings. The standard InChI is InChI=1S/C30H39F3N4O4.C29H36ClF3N4O4.C26H41N3O3.C25H38ClN3O3/c1-20-16-24(19-34-26(20)27(38)35(2)3)36-12-8-21(9-13-36)17-22-10-14-37(15-11-22)28(39)29(40,30(31,32)33)23-6-5-7-25(18-23)41-4;1-35(2)26(38)25-24(30)17-22(18-34-25)36-11-7-19(8-12-36)15-20-9-13-37(14-10-20)27(39)28(40,29(31,32)33)21-5-4-6-23(16-21)41-3;1-19-17-22(7-8-23(19)24(30)27(5)6)28-13-9-20(10-14-28)18-21-11-15-29(16-12-21)25(31)32-26(2,3)4;1-25(2,3)32-24(31)29-14-10-19(11-15-29)16-18-8-12-28(13-9-18)20-6-7-21(22(26)17-20)23(30)27(4)5/h5-7,16,18-19,21-22,40H,8-15,17H2,1-4H3;4-6,16-20,40H,7-15H2,1-3H3;7-8,17,20-21H,9-16,18H2,1-6H3;6-7,17-19H,8-16H2,1-5H3/t29-;28-;;/m11../s1. The molecule has 6 aromatic rings. The Morgan fingerprint density at radius 2 is 0.623 bits per heavy atom. The smallest absolute Gasteiger partial charge is 0.430 e. The molecule has 0 unspecified atom stereocenters. The minimum absolute atomic E-state index is 0.0606. The van der Waals surface area contributed by atoms with Gasteiger partial charge in [0, 0.05) is 189 Å². The number of methoxy groups -OCH3 is 2. The van der Waals surface area contributed by atoms with Gasteiger partial charge in [-0.3, -0.25) is 28.8 Å². The molecule has 36 heteroatoms. The highest BCUT2D eigenvalue weighted by atomic mass is 35.5. The van der Waals surface area contributed by atoms with Crippen LogP contribution in [0.15, 0.2) is 109 Å². The van der Waals surface area contributed by atoms with Crippen molar-refractivity contribution in [3.63, 3.8) is 0 Å². The minimum Gasteiger partial charge on any atom is -0.497 e. The molecule has 8 aliphatic heterocycles. The van der Waals surface area contributed by atoms with E-state index in [4.69, 9.17) is 42.1 Å². The number of amides is 8. The highest BCUT2D eigenvalue weighted by molar-refractivity contribution is 6.34. The Morgan fingerprint density at radius 1 is 0.349 bits per heavy atom. The molecule has 0 aliphatic carbocycles. The Hall–Kier alpha value is -10.6. The maximum absolute atomic E-state index is 14.1. The summed E-state index contributed by atoms with van der Waals surface area (Å²) in [6, 6.07) is 25.6. The predicted octanol–water partition coefficient (Wildman–Crippen LogP) is 19.4. The number of hydrogen-bond donors (Lipinski definition) is 2. The van der Waals surface area contributed by atoms with Crippen LogP contribution in [0.25, 0.3) is 0 Å². The third-order valence-corrected chi connectivity index (χ3v) is 30.5. The topological polar surface area (TPSA) is 279 Å². The van der Waals surface area contributed by atoms with Gasteiger partial charge in [-0.1, -0.05) is 47.5 Å². The number of aryl methyl sites for hydroxylation is 2. The summed E-state index contributed by atoms with van der Waals surface area (Å²) in [6.07, 6.45) is 12.4. The summed E-state index contributed by atoms with van der Waals surface area (Å²) in [5.41, 5.74) is -1.18. The molecule has 8 aliphatic rings.